The molecule has 0 aliphatic heterocycles. The first kappa shape index (κ1) is 22.2. The van der Waals surface area contributed by atoms with E-state index in [9.17, 15) is 8.42 Å². The molecule has 0 fully saturated rings. The Labute approximate surface area is 180 Å². The fourth-order valence-electron chi connectivity index (χ4n) is 3.66. The maximum atomic E-state index is 12.1. The van der Waals surface area contributed by atoms with Gasteiger partial charge in [0.15, 0.2) is 0 Å². The van der Waals surface area contributed by atoms with E-state index in [2.05, 4.69) is 34.3 Å². The van der Waals surface area contributed by atoms with Gasteiger partial charge in [-0.1, -0.05) is 91.0 Å². The third-order valence-corrected chi connectivity index (χ3v) is 5.77. The Kier molecular flexibility index (Phi) is 8.20. The molecule has 0 spiro atoms. The molecule has 0 bridgehead atoms. The zero-order chi connectivity index (χ0) is 21.2. The maximum Gasteiger partial charge on any atom is 0.209 e. The second-order valence-electron chi connectivity index (χ2n) is 7.56. The van der Waals surface area contributed by atoms with Gasteiger partial charge in [0, 0.05) is 0 Å². The Morgan fingerprint density at radius 1 is 0.700 bits per heavy atom. The van der Waals surface area contributed by atoms with Crippen LogP contribution in [0.2, 0.25) is 0 Å². The lowest BCUT2D eigenvalue weighted by molar-refractivity contribution is 0.418. The lowest BCUT2D eigenvalue weighted by atomic mass is 9.94. The second-order valence-corrected chi connectivity index (χ2v) is 9.34. The SMILES string of the molecule is CS(=O)(=O)NC(c1ccccc1)C(NCCCCc1ccccc1)c1ccccc1. The van der Waals surface area contributed by atoms with Crippen molar-refractivity contribution in [1.29, 1.82) is 0 Å². The first-order valence-electron chi connectivity index (χ1n) is 10.4. The highest BCUT2D eigenvalue weighted by Gasteiger charge is 2.27. The molecule has 2 atom stereocenters. The van der Waals surface area contributed by atoms with Gasteiger partial charge in [-0.15, -0.1) is 0 Å². The smallest absolute Gasteiger partial charge is 0.209 e. The Hall–Kier alpha value is -2.47. The first-order chi connectivity index (χ1) is 14.5. The predicted molar refractivity (Wildman–Crippen MR) is 124 cm³/mol. The van der Waals surface area contributed by atoms with E-state index in [4.69, 9.17) is 0 Å². The van der Waals surface area contributed by atoms with Gasteiger partial charge >= 0.3 is 0 Å². The summed E-state index contributed by atoms with van der Waals surface area (Å²) < 4.78 is 27.1. The van der Waals surface area contributed by atoms with Gasteiger partial charge in [-0.3, -0.25) is 0 Å². The minimum absolute atomic E-state index is 0.167. The van der Waals surface area contributed by atoms with Crippen molar-refractivity contribution in [3.05, 3.63) is 108 Å². The summed E-state index contributed by atoms with van der Waals surface area (Å²) >= 11 is 0. The van der Waals surface area contributed by atoms with Crippen molar-refractivity contribution in [1.82, 2.24) is 10.0 Å². The van der Waals surface area contributed by atoms with Gasteiger partial charge in [0.2, 0.25) is 10.0 Å². The Balaban J connectivity index is 1.73. The quantitative estimate of drug-likeness (QED) is 0.443. The molecule has 2 unspecified atom stereocenters. The molecule has 3 rings (SSSR count). The molecule has 158 valence electrons. The van der Waals surface area contributed by atoms with Gasteiger partial charge in [0.1, 0.15) is 0 Å². The van der Waals surface area contributed by atoms with Crippen LogP contribution in [0.15, 0.2) is 91.0 Å². The molecular weight excluding hydrogens is 392 g/mol. The molecule has 3 aromatic rings. The van der Waals surface area contributed by atoms with Crippen molar-refractivity contribution in [2.45, 2.75) is 31.3 Å². The zero-order valence-electron chi connectivity index (χ0n) is 17.4. The van der Waals surface area contributed by atoms with Crippen LogP contribution in [0.3, 0.4) is 0 Å². The van der Waals surface area contributed by atoms with Gasteiger partial charge in [-0.25, -0.2) is 13.1 Å². The van der Waals surface area contributed by atoms with Crippen LogP contribution in [0.1, 0.15) is 41.6 Å². The molecular formula is C25H30N2O2S. The minimum Gasteiger partial charge on any atom is -0.308 e. The molecule has 0 aliphatic carbocycles. The Morgan fingerprint density at radius 2 is 1.20 bits per heavy atom. The monoisotopic (exact) mass is 422 g/mol. The maximum absolute atomic E-state index is 12.1. The number of nitrogens with one attached hydrogen (secondary N) is 2. The number of rotatable bonds is 11. The Bertz CT molecular complexity index is 977. The van der Waals surface area contributed by atoms with E-state index in [1.165, 1.54) is 11.8 Å². The van der Waals surface area contributed by atoms with E-state index in [1.54, 1.807) is 0 Å². The van der Waals surface area contributed by atoms with Crippen LogP contribution < -0.4 is 10.0 Å². The normalized spacial score (nSPS) is 13.6. The summed E-state index contributed by atoms with van der Waals surface area (Å²) in [5, 5.41) is 3.62. The van der Waals surface area contributed by atoms with Crippen LogP contribution in [0.4, 0.5) is 0 Å². The predicted octanol–water partition coefficient (Wildman–Crippen LogP) is 4.63. The summed E-state index contributed by atoms with van der Waals surface area (Å²) in [6, 6.07) is 29.7. The molecule has 0 amide bonds. The topological polar surface area (TPSA) is 58.2 Å². The molecule has 3 aromatic carbocycles. The van der Waals surface area contributed by atoms with Gasteiger partial charge < -0.3 is 5.32 Å². The largest absolute Gasteiger partial charge is 0.308 e. The summed E-state index contributed by atoms with van der Waals surface area (Å²) in [4.78, 5) is 0. The van der Waals surface area contributed by atoms with E-state index < -0.39 is 16.1 Å². The molecule has 0 aromatic heterocycles. The second kappa shape index (κ2) is 11.1. The molecule has 0 aliphatic rings. The van der Waals surface area contributed by atoms with Gasteiger partial charge in [0.25, 0.3) is 0 Å². The summed E-state index contributed by atoms with van der Waals surface area (Å²) in [6.45, 7) is 0.807. The van der Waals surface area contributed by atoms with E-state index in [-0.39, 0.29) is 6.04 Å². The fraction of sp³-hybridized carbons (Fsp3) is 0.280. The number of hydrogen-bond donors (Lipinski definition) is 2. The van der Waals surface area contributed by atoms with Gasteiger partial charge in [-0.05, 0) is 42.5 Å². The summed E-state index contributed by atoms with van der Waals surface area (Å²) in [6.07, 6.45) is 4.35. The molecule has 0 radical (unpaired) electrons. The first-order valence-corrected chi connectivity index (χ1v) is 12.3. The van der Waals surface area contributed by atoms with Crippen LogP contribution in [0.25, 0.3) is 0 Å². The molecule has 0 saturated heterocycles. The molecule has 4 nitrogen and oxygen atoms in total. The zero-order valence-corrected chi connectivity index (χ0v) is 18.2. The van der Waals surface area contributed by atoms with E-state index >= 15 is 0 Å². The number of unbranched alkanes of at least 4 members (excludes halogenated alkanes) is 1. The van der Waals surface area contributed by atoms with Crippen LogP contribution in [0, 0.1) is 0 Å². The van der Waals surface area contributed by atoms with Crippen LogP contribution in [0.5, 0.6) is 0 Å². The molecule has 0 saturated carbocycles. The van der Waals surface area contributed by atoms with E-state index in [1.807, 2.05) is 66.7 Å². The highest BCUT2D eigenvalue weighted by atomic mass is 32.2. The summed E-state index contributed by atoms with van der Waals surface area (Å²) in [5.41, 5.74) is 3.34. The van der Waals surface area contributed by atoms with Crippen LogP contribution in [-0.4, -0.2) is 21.2 Å². The van der Waals surface area contributed by atoms with E-state index in [0.717, 1.165) is 36.9 Å². The van der Waals surface area contributed by atoms with Crippen molar-refractivity contribution >= 4 is 10.0 Å². The fourth-order valence-corrected chi connectivity index (χ4v) is 4.40. The Morgan fingerprint density at radius 3 is 1.73 bits per heavy atom. The van der Waals surface area contributed by atoms with Crippen LogP contribution in [-0.2, 0) is 16.4 Å². The molecule has 5 heteroatoms. The van der Waals surface area contributed by atoms with Crippen LogP contribution >= 0.6 is 0 Å². The lowest BCUT2D eigenvalue weighted by Gasteiger charge is -2.29. The third kappa shape index (κ3) is 7.10. The van der Waals surface area contributed by atoms with Crippen molar-refractivity contribution in [3.63, 3.8) is 0 Å². The molecule has 2 N–H and O–H groups in total. The van der Waals surface area contributed by atoms with Gasteiger partial charge in [0.05, 0.1) is 18.3 Å². The average molecular weight is 423 g/mol. The number of benzene rings is 3. The minimum atomic E-state index is -3.39. The third-order valence-electron chi connectivity index (χ3n) is 5.09. The van der Waals surface area contributed by atoms with Crippen molar-refractivity contribution in [2.24, 2.45) is 0 Å². The summed E-state index contributed by atoms with van der Waals surface area (Å²) in [5.74, 6) is 0. The average Bonchev–Trinajstić information content (AvgIpc) is 2.76. The lowest BCUT2D eigenvalue weighted by Crippen LogP contribution is -2.38. The van der Waals surface area contributed by atoms with Crippen molar-refractivity contribution in [2.75, 3.05) is 12.8 Å². The number of aryl methyl sites for hydroxylation is 1. The number of sulfonamides is 1. The van der Waals surface area contributed by atoms with Gasteiger partial charge in [-0.2, -0.15) is 0 Å². The number of hydrogen-bond acceptors (Lipinski definition) is 3. The highest BCUT2D eigenvalue weighted by molar-refractivity contribution is 7.88. The summed E-state index contributed by atoms with van der Waals surface area (Å²) in [7, 11) is -3.39. The van der Waals surface area contributed by atoms with Crippen molar-refractivity contribution in [3.8, 4) is 0 Å². The highest BCUT2D eigenvalue weighted by Crippen LogP contribution is 2.29. The standard InChI is InChI=1S/C25H30N2O2S/c1-30(28,29)27-25(23-18-9-4-10-19-23)24(22-16-7-3-8-17-22)26-20-12-11-15-21-13-5-2-6-14-21/h2-10,13-14,16-19,24-27H,11-12,15,20H2,1H3. The van der Waals surface area contributed by atoms with Crippen molar-refractivity contribution < 1.29 is 8.42 Å². The molecule has 30 heavy (non-hydrogen) atoms. The molecule has 0 heterocycles. The van der Waals surface area contributed by atoms with E-state index in [0.29, 0.717) is 0 Å².